The summed E-state index contributed by atoms with van der Waals surface area (Å²) in [6.07, 6.45) is 7.34. The van der Waals surface area contributed by atoms with Crippen LogP contribution in [0.4, 0.5) is 0 Å². The predicted molar refractivity (Wildman–Crippen MR) is 113 cm³/mol. The molecule has 2 aliphatic rings. The van der Waals surface area contributed by atoms with Gasteiger partial charge in [0.1, 0.15) is 0 Å². The molecule has 0 radical (unpaired) electrons. The van der Waals surface area contributed by atoms with Gasteiger partial charge in [-0.2, -0.15) is 0 Å². The maximum absolute atomic E-state index is 13.0. The number of nitrogens with two attached hydrogens (primary N) is 1. The first-order chi connectivity index (χ1) is 13.5. The van der Waals surface area contributed by atoms with Crippen molar-refractivity contribution < 1.29 is 14.6 Å². The summed E-state index contributed by atoms with van der Waals surface area (Å²) in [5, 5.41) is 14.4. The molecule has 1 heterocycles. The summed E-state index contributed by atoms with van der Waals surface area (Å²) in [6, 6.07) is -0.560. The van der Waals surface area contributed by atoms with E-state index in [1.54, 1.807) is 0 Å². The molecule has 0 aromatic heterocycles. The van der Waals surface area contributed by atoms with Crippen molar-refractivity contribution in [2.75, 3.05) is 32.8 Å². The van der Waals surface area contributed by atoms with E-state index in [1.807, 2.05) is 0 Å². The molecule has 0 aromatic rings. The van der Waals surface area contributed by atoms with E-state index < -0.39 is 6.10 Å². The lowest BCUT2D eigenvalue weighted by Crippen LogP contribution is -2.61. The third-order valence-electron chi connectivity index (χ3n) is 6.52. The van der Waals surface area contributed by atoms with E-state index in [0.717, 1.165) is 25.9 Å². The van der Waals surface area contributed by atoms with Gasteiger partial charge >= 0.3 is 0 Å². The summed E-state index contributed by atoms with van der Waals surface area (Å²) >= 11 is 0. The fraction of sp³-hybridized carbons (Fsp3) is 0.955. The van der Waals surface area contributed by atoms with Crippen LogP contribution in [0.1, 0.15) is 65.7 Å². The molecule has 1 aliphatic carbocycles. The van der Waals surface area contributed by atoms with Gasteiger partial charge in [0.05, 0.1) is 25.2 Å². The summed E-state index contributed by atoms with van der Waals surface area (Å²) in [5.74, 6) is 0.491. The lowest BCUT2D eigenvalue weighted by atomic mass is 9.78. The van der Waals surface area contributed by atoms with Crippen LogP contribution in [-0.4, -0.2) is 66.9 Å². The Morgan fingerprint density at radius 1 is 1.21 bits per heavy atom. The average Bonchev–Trinajstić information content (AvgIpc) is 2.70. The SMILES string of the molecule is CCCNC(=O)[C@H](C(C)C)C([C@H](O)[C@@H](N)CC1CCCCC1)N1CCOCC1. The molecule has 6 heteroatoms. The smallest absolute Gasteiger partial charge is 0.225 e. The van der Waals surface area contributed by atoms with E-state index in [-0.39, 0.29) is 29.8 Å². The maximum Gasteiger partial charge on any atom is 0.225 e. The normalized spacial score (nSPS) is 23.9. The molecule has 28 heavy (non-hydrogen) atoms. The molecule has 0 aromatic carbocycles. The zero-order chi connectivity index (χ0) is 20.5. The Labute approximate surface area is 171 Å². The van der Waals surface area contributed by atoms with Gasteiger partial charge in [-0.3, -0.25) is 9.69 Å². The van der Waals surface area contributed by atoms with Crippen LogP contribution in [0, 0.1) is 17.8 Å². The molecule has 4 N–H and O–H groups in total. The second-order valence-corrected chi connectivity index (χ2v) is 9.09. The first-order valence-electron chi connectivity index (χ1n) is 11.5. The van der Waals surface area contributed by atoms with Gasteiger partial charge in [-0.05, 0) is 24.7 Å². The van der Waals surface area contributed by atoms with Gasteiger partial charge in [-0.15, -0.1) is 0 Å². The number of amides is 1. The Hall–Kier alpha value is -0.690. The second kappa shape index (κ2) is 12.1. The fourth-order valence-electron chi connectivity index (χ4n) is 4.95. The number of aliphatic hydroxyl groups is 1. The van der Waals surface area contributed by atoms with Crippen molar-refractivity contribution in [2.45, 2.75) is 83.9 Å². The lowest BCUT2D eigenvalue weighted by molar-refractivity contribution is -0.134. The molecule has 0 spiro atoms. The molecule has 1 unspecified atom stereocenters. The topological polar surface area (TPSA) is 87.8 Å². The highest BCUT2D eigenvalue weighted by Gasteiger charge is 2.42. The van der Waals surface area contributed by atoms with Gasteiger partial charge < -0.3 is 20.9 Å². The Kier molecular flexibility index (Phi) is 10.2. The van der Waals surface area contributed by atoms with Gasteiger partial charge in [0.2, 0.25) is 5.91 Å². The molecule has 4 atom stereocenters. The number of morpholine rings is 1. The molecule has 2 rings (SSSR count). The highest BCUT2D eigenvalue weighted by atomic mass is 16.5. The molecule has 1 saturated heterocycles. The van der Waals surface area contributed by atoms with E-state index in [1.165, 1.54) is 32.1 Å². The van der Waals surface area contributed by atoms with Gasteiger partial charge in [0.15, 0.2) is 0 Å². The molecule has 2 fully saturated rings. The Morgan fingerprint density at radius 3 is 2.43 bits per heavy atom. The maximum atomic E-state index is 13.0. The highest BCUT2D eigenvalue weighted by Crippen LogP contribution is 2.31. The zero-order valence-electron chi connectivity index (χ0n) is 18.2. The van der Waals surface area contributed by atoms with Gasteiger partial charge in [0.25, 0.3) is 0 Å². The summed E-state index contributed by atoms with van der Waals surface area (Å²) in [7, 11) is 0. The van der Waals surface area contributed by atoms with Crippen molar-refractivity contribution in [1.29, 1.82) is 0 Å². The predicted octanol–water partition coefficient (Wildman–Crippen LogP) is 2.14. The van der Waals surface area contributed by atoms with Crippen LogP contribution in [0.15, 0.2) is 0 Å². The van der Waals surface area contributed by atoms with Crippen molar-refractivity contribution in [1.82, 2.24) is 10.2 Å². The molecule has 0 bridgehead atoms. The molecule has 1 saturated carbocycles. The third kappa shape index (κ3) is 6.68. The lowest BCUT2D eigenvalue weighted by Gasteiger charge is -2.44. The van der Waals surface area contributed by atoms with E-state index >= 15 is 0 Å². The van der Waals surface area contributed by atoms with E-state index in [4.69, 9.17) is 10.5 Å². The van der Waals surface area contributed by atoms with Crippen LogP contribution >= 0.6 is 0 Å². The minimum Gasteiger partial charge on any atom is -0.390 e. The summed E-state index contributed by atoms with van der Waals surface area (Å²) < 4.78 is 5.52. The number of hydrogen-bond acceptors (Lipinski definition) is 5. The largest absolute Gasteiger partial charge is 0.390 e. The first-order valence-corrected chi connectivity index (χ1v) is 11.5. The molecular formula is C22H43N3O3. The number of hydrogen-bond donors (Lipinski definition) is 3. The summed E-state index contributed by atoms with van der Waals surface area (Å²) in [4.78, 5) is 15.3. The van der Waals surface area contributed by atoms with Gasteiger partial charge in [-0.1, -0.05) is 52.9 Å². The number of aliphatic hydroxyl groups excluding tert-OH is 1. The number of nitrogens with one attached hydrogen (secondary N) is 1. The van der Waals surface area contributed by atoms with Crippen molar-refractivity contribution in [3.63, 3.8) is 0 Å². The van der Waals surface area contributed by atoms with Gasteiger partial charge in [0, 0.05) is 31.7 Å². The number of carbonyl (C=O) groups is 1. The molecule has 164 valence electrons. The zero-order valence-corrected chi connectivity index (χ0v) is 18.2. The summed E-state index contributed by atoms with van der Waals surface area (Å²) in [6.45, 7) is 9.63. The molecule has 1 aliphatic heterocycles. The van der Waals surface area contributed by atoms with E-state index in [0.29, 0.717) is 25.7 Å². The Balaban J connectivity index is 2.16. The quantitative estimate of drug-likeness (QED) is 0.526. The summed E-state index contributed by atoms with van der Waals surface area (Å²) in [5.41, 5.74) is 6.55. The molecule has 6 nitrogen and oxygen atoms in total. The number of rotatable bonds is 10. The van der Waals surface area contributed by atoms with Crippen LogP contribution in [0.3, 0.4) is 0 Å². The average molecular weight is 398 g/mol. The third-order valence-corrected chi connectivity index (χ3v) is 6.52. The van der Waals surface area contributed by atoms with Crippen LogP contribution in [0.5, 0.6) is 0 Å². The van der Waals surface area contributed by atoms with E-state index in [2.05, 4.69) is 31.0 Å². The van der Waals surface area contributed by atoms with Crippen molar-refractivity contribution in [3.05, 3.63) is 0 Å². The fourth-order valence-corrected chi connectivity index (χ4v) is 4.95. The van der Waals surface area contributed by atoms with Crippen LogP contribution in [0.2, 0.25) is 0 Å². The first kappa shape index (κ1) is 23.6. The minimum absolute atomic E-state index is 0.0391. The monoisotopic (exact) mass is 397 g/mol. The number of nitrogens with zero attached hydrogens (tertiary/aromatic N) is 1. The molecule has 1 amide bonds. The number of carbonyl (C=O) groups excluding carboxylic acids is 1. The van der Waals surface area contributed by atoms with Crippen LogP contribution in [-0.2, 0) is 9.53 Å². The molecular weight excluding hydrogens is 354 g/mol. The number of ether oxygens (including phenoxy) is 1. The van der Waals surface area contributed by atoms with Crippen molar-refractivity contribution in [3.8, 4) is 0 Å². The van der Waals surface area contributed by atoms with Gasteiger partial charge in [-0.25, -0.2) is 0 Å². The Morgan fingerprint density at radius 2 is 1.86 bits per heavy atom. The Bertz CT molecular complexity index is 448. The van der Waals surface area contributed by atoms with Crippen molar-refractivity contribution in [2.24, 2.45) is 23.5 Å². The van der Waals surface area contributed by atoms with Crippen LogP contribution in [0.25, 0.3) is 0 Å². The minimum atomic E-state index is -0.709. The van der Waals surface area contributed by atoms with Crippen molar-refractivity contribution >= 4 is 5.91 Å². The van der Waals surface area contributed by atoms with E-state index in [9.17, 15) is 9.90 Å². The standard InChI is InChI=1S/C22H43N3O3/c1-4-10-24-22(27)19(16(2)3)20(25-11-13-28-14-12-25)21(26)18(23)15-17-8-6-5-7-9-17/h16-21,26H,4-15,23H2,1-3H3,(H,24,27)/t18-,19+,20?,21+/m0/s1. The highest BCUT2D eigenvalue weighted by molar-refractivity contribution is 5.79. The second-order valence-electron chi connectivity index (χ2n) is 9.09. The van der Waals surface area contributed by atoms with Crippen LogP contribution < -0.4 is 11.1 Å².